The van der Waals surface area contributed by atoms with E-state index in [1.807, 2.05) is 6.07 Å². The van der Waals surface area contributed by atoms with Crippen molar-refractivity contribution in [3.63, 3.8) is 0 Å². The summed E-state index contributed by atoms with van der Waals surface area (Å²) >= 11 is 3.36. The van der Waals surface area contributed by atoms with Crippen molar-refractivity contribution in [3.8, 4) is 22.8 Å². The van der Waals surface area contributed by atoms with Crippen molar-refractivity contribution in [2.24, 2.45) is 0 Å². The monoisotopic (exact) mass is 316 g/mol. The second kappa shape index (κ2) is 4.77. The number of pyridine rings is 1. The number of nitrogens with two attached hydrogens (primary N) is 1. The highest BCUT2D eigenvalue weighted by molar-refractivity contribution is 9.10. The van der Waals surface area contributed by atoms with E-state index in [4.69, 9.17) is 5.73 Å². The van der Waals surface area contributed by atoms with Gasteiger partial charge in [-0.1, -0.05) is 0 Å². The van der Waals surface area contributed by atoms with Crippen molar-refractivity contribution in [2.75, 3.05) is 5.73 Å². The molecule has 0 saturated carbocycles. The maximum Gasteiger partial charge on any atom is 0.141 e. The van der Waals surface area contributed by atoms with Gasteiger partial charge in [0.1, 0.15) is 17.3 Å². The number of H-pyrrole nitrogens is 1. The summed E-state index contributed by atoms with van der Waals surface area (Å²) in [6.45, 7) is 0. The molecule has 7 heteroatoms. The molecule has 0 aliphatic rings. The fraction of sp³-hybridized carbons (Fsp3) is 0. The zero-order valence-corrected chi connectivity index (χ0v) is 11.3. The third-order valence-electron chi connectivity index (χ3n) is 2.56. The Labute approximate surface area is 117 Å². The van der Waals surface area contributed by atoms with Crippen LogP contribution in [-0.4, -0.2) is 24.9 Å². The second-order valence-corrected chi connectivity index (χ2v) is 4.74. The van der Waals surface area contributed by atoms with Crippen molar-refractivity contribution >= 4 is 21.7 Å². The van der Waals surface area contributed by atoms with E-state index in [9.17, 15) is 0 Å². The molecule has 3 N–H and O–H groups in total. The van der Waals surface area contributed by atoms with E-state index in [2.05, 4.69) is 40.8 Å². The summed E-state index contributed by atoms with van der Waals surface area (Å²) in [5.74, 6) is 1.06. The molecule has 3 heterocycles. The van der Waals surface area contributed by atoms with Crippen LogP contribution in [-0.2, 0) is 0 Å². The van der Waals surface area contributed by atoms with Gasteiger partial charge in [0.2, 0.25) is 0 Å². The Hall–Kier alpha value is -2.28. The highest BCUT2D eigenvalue weighted by Gasteiger charge is 2.10. The lowest BCUT2D eigenvalue weighted by Gasteiger charge is -2.01. The van der Waals surface area contributed by atoms with Crippen LogP contribution < -0.4 is 5.73 Å². The summed E-state index contributed by atoms with van der Waals surface area (Å²) in [4.78, 5) is 19.8. The van der Waals surface area contributed by atoms with Crippen LogP contribution in [0.25, 0.3) is 22.8 Å². The Morgan fingerprint density at radius 2 is 1.95 bits per heavy atom. The second-order valence-electron chi connectivity index (χ2n) is 3.82. The summed E-state index contributed by atoms with van der Waals surface area (Å²) in [7, 11) is 0. The minimum absolute atomic E-state index is 0.420. The van der Waals surface area contributed by atoms with Gasteiger partial charge >= 0.3 is 0 Å². The zero-order chi connectivity index (χ0) is 13.2. The molecule has 0 spiro atoms. The van der Waals surface area contributed by atoms with E-state index in [1.165, 1.54) is 0 Å². The molecule has 0 fully saturated rings. The average Bonchev–Trinajstić information content (AvgIpc) is 2.92. The number of nitrogens with one attached hydrogen (secondary N) is 1. The molecule has 0 aromatic carbocycles. The molecule has 3 aromatic rings. The minimum atomic E-state index is 0.420. The predicted octanol–water partition coefficient (Wildman–Crippen LogP) is 2.27. The molecule has 0 atom stereocenters. The standard InChI is InChI=1S/C12H9BrN6/c13-7-3-8(11(14)17-4-7)12-18-6-10(19-12)9-5-15-1-2-16-9/h1-6H,(H2,14,17)(H,18,19). The predicted molar refractivity (Wildman–Crippen MR) is 75.0 cm³/mol. The summed E-state index contributed by atoms with van der Waals surface area (Å²) in [5.41, 5.74) is 8.09. The Morgan fingerprint density at radius 1 is 1.05 bits per heavy atom. The van der Waals surface area contributed by atoms with E-state index in [-0.39, 0.29) is 0 Å². The van der Waals surface area contributed by atoms with Gasteiger partial charge in [0, 0.05) is 23.1 Å². The lowest BCUT2D eigenvalue weighted by Crippen LogP contribution is -1.95. The molecule has 0 aliphatic heterocycles. The van der Waals surface area contributed by atoms with Gasteiger partial charge in [0.15, 0.2) is 0 Å². The highest BCUT2D eigenvalue weighted by Crippen LogP contribution is 2.26. The number of aromatic nitrogens is 5. The van der Waals surface area contributed by atoms with Crippen LogP contribution in [0.1, 0.15) is 0 Å². The molecule has 6 nitrogen and oxygen atoms in total. The number of nitrogen functional groups attached to an aromatic ring is 1. The molecule has 0 aliphatic carbocycles. The first-order chi connectivity index (χ1) is 9.24. The van der Waals surface area contributed by atoms with E-state index >= 15 is 0 Å². The first-order valence-electron chi connectivity index (χ1n) is 5.47. The van der Waals surface area contributed by atoms with Crippen LogP contribution in [0, 0.1) is 0 Å². The molecule has 94 valence electrons. The quantitative estimate of drug-likeness (QED) is 0.756. The molecule has 0 radical (unpaired) electrons. The van der Waals surface area contributed by atoms with Crippen molar-refractivity contribution < 1.29 is 0 Å². The largest absolute Gasteiger partial charge is 0.383 e. The number of halogens is 1. The Balaban J connectivity index is 2.04. The molecule has 0 saturated heterocycles. The maximum atomic E-state index is 5.85. The number of aromatic amines is 1. The molecule has 3 rings (SSSR count). The van der Waals surface area contributed by atoms with E-state index < -0.39 is 0 Å². The third-order valence-corrected chi connectivity index (χ3v) is 2.99. The maximum absolute atomic E-state index is 5.85. The van der Waals surface area contributed by atoms with E-state index in [1.54, 1.807) is 31.0 Å². The first-order valence-corrected chi connectivity index (χ1v) is 6.26. The zero-order valence-electron chi connectivity index (χ0n) is 9.71. The van der Waals surface area contributed by atoms with Gasteiger partial charge < -0.3 is 10.7 Å². The van der Waals surface area contributed by atoms with Crippen molar-refractivity contribution in [3.05, 3.63) is 41.5 Å². The molecule has 0 unspecified atom stereocenters. The van der Waals surface area contributed by atoms with Crippen molar-refractivity contribution in [2.45, 2.75) is 0 Å². The van der Waals surface area contributed by atoms with Crippen LogP contribution in [0.15, 0.2) is 41.5 Å². The summed E-state index contributed by atoms with van der Waals surface area (Å²) < 4.78 is 0.842. The number of nitrogens with zero attached hydrogens (tertiary/aromatic N) is 4. The van der Waals surface area contributed by atoms with Crippen LogP contribution in [0.2, 0.25) is 0 Å². The Bertz CT molecular complexity index is 709. The SMILES string of the molecule is Nc1ncc(Br)cc1-c1ncc(-c2cnccn2)[nH]1. The van der Waals surface area contributed by atoms with Crippen LogP contribution in [0.3, 0.4) is 0 Å². The van der Waals surface area contributed by atoms with Crippen molar-refractivity contribution in [1.82, 2.24) is 24.9 Å². The fourth-order valence-corrected chi connectivity index (χ4v) is 2.00. The van der Waals surface area contributed by atoms with Crippen LogP contribution in [0.4, 0.5) is 5.82 Å². The number of imidazole rings is 1. The average molecular weight is 317 g/mol. The van der Waals surface area contributed by atoms with Gasteiger partial charge in [-0.05, 0) is 22.0 Å². The summed E-state index contributed by atoms with van der Waals surface area (Å²) in [6, 6.07) is 1.86. The van der Waals surface area contributed by atoms with Gasteiger partial charge in [-0.2, -0.15) is 0 Å². The first kappa shape index (κ1) is 11.8. The molecule has 0 bridgehead atoms. The van der Waals surface area contributed by atoms with Gasteiger partial charge in [0.25, 0.3) is 0 Å². The minimum Gasteiger partial charge on any atom is -0.383 e. The molecule has 3 aromatic heterocycles. The van der Waals surface area contributed by atoms with E-state index in [0.29, 0.717) is 11.6 Å². The highest BCUT2D eigenvalue weighted by atomic mass is 79.9. The number of hydrogen-bond donors (Lipinski definition) is 2. The fourth-order valence-electron chi connectivity index (χ4n) is 1.67. The Morgan fingerprint density at radius 3 is 2.74 bits per heavy atom. The normalized spacial score (nSPS) is 10.6. The van der Waals surface area contributed by atoms with Crippen LogP contribution in [0.5, 0.6) is 0 Å². The van der Waals surface area contributed by atoms with Crippen LogP contribution >= 0.6 is 15.9 Å². The van der Waals surface area contributed by atoms with Gasteiger partial charge in [-0.3, -0.25) is 9.97 Å². The summed E-state index contributed by atoms with van der Waals surface area (Å²) in [6.07, 6.45) is 8.26. The van der Waals surface area contributed by atoms with Gasteiger partial charge in [-0.25, -0.2) is 9.97 Å². The number of hydrogen-bond acceptors (Lipinski definition) is 5. The molecular formula is C12H9BrN6. The molecular weight excluding hydrogens is 308 g/mol. The van der Waals surface area contributed by atoms with Gasteiger partial charge in [-0.15, -0.1) is 0 Å². The molecule has 0 amide bonds. The lowest BCUT2D eigenvalue weighted by molar-refractivity contribution is 1.19. The number of rotatable bonds is 2. The Kier molecular flexibility index (Phi) is 2.96. The smallest absolute Gasteiger partial charge is 0.141 e. The number of anilines is 1. The van der Waals surface area contributed by atoms with Gasteiger partial charge in [0.05, 0.1) is 23.7 Å². The molecule has 19 heavy (non-hydrogen) atoms. The lowest BCUT2D eigenvalue weighted by atomic mass is 10.2. The van der Waals surface area contributed by atoms with E-state index in [0.717, 1.165) is 21.4 Å². The third kappa shape index (κ3) is 2.32. The topological polar surface area (TPSA) is 93.4 Å². The van der Waals surface area contributed by atoms with Crippen molar-refractivity contribution in [1.29, 1.82) is 0 Å². The summed E-state index contributed by atoms with van der Waals surface area (Å²) in [5, 5.41) is 0.